The van der Waals surface area contributed by atoms with Crippen LogP contribution < -0.4 is 10.1 Å². The summed E-state index contributed by atoms with van der Waals surface area (Å²) in [6.07, 6.45) is 9.09. The van der Waals surface area contributed by atoms with E-state index in [0.717, 1.165) is 63.3 Å². The number of benzene rings is 1. The molecule has 0 radical (unpaired) electrons. The van der Waals surface area contributed by atoms with E-state index in [0.29, 0.717) is 11.8 Å². The van der Waals surface area contributed by atoms with Crippen LogP contribution in [0.2, 0.25) is 0 Å². The highest BCUT2D eigenvalue weighted by atomic mass is 16.5. The standard InChI is InChI=1S/C24H35N3O3/c1-30-21-12-6-11-20(17-21)25-23(28)22(18-7-2-3-8-18)26-13-15-27(16-14-26)24(29)19-9-4-5-10-19/h6,11-12,17-19,22H,2-5,7-10,13-16H2,1H3,(H,25,28). The van der Waals surface area contributed by atoms with Gasteiger partial charge in [0.05, 0.1) is 13.2 Å². The van der Waals surface area contributed by atoms with Gasteiger partial charge in [-0.1, -0.05) is 31.7 Å². The molecule has 1 heterocycles. The van der Waals surface area contributed by atoms with E-state index in [2.05, 4.69) is 10.2 Å². The molecule has 1 atom stereocenters. The van der Waals surface area contributed by atoms with Gasteiger partial charge in [-0.25, -0.2) is 0 Å². The Balaban J connectivity index is 1.41. The molecule has 3 aliphatic rings. The number of hydrogen-bond acceptors (Lipinski definition) is 4. The van der Waals surface area contributed by atoms with Crippen molar-refractivity contribution in [2.75, 3.05) is 38.6 Å². The zero-order valence-electron chi connectivity index (χ0n) is 18.1. The molecule has 1 aliphatic heterocycles. The summed E-state index contributed by atoms with van der Waals surface area (Å²) in [6.45, 7) is 3.05. The lowest BCUT2D eigenvalue weighted by Gasteiger charge is -2.41. The molecule has 1 aromatic rings. The molecule has 2 amide bonds. The van der Waals surface area contributed by atoms with Crippen molar-refractivity contribution in [3.05, 3.63) is 24.3 Å². The fourth-order valence-electron chi connectivity index (χ4n) is 5.52. The van der Waals surface area contributed by atoms with E-state index in [1.165, 1.54) is 25.7 Å². The first-order valence-electron chi connectivity index (χ1n) is 11.6. The number of carbonyl (C=O) groups is 2. The number of amides is 2. The van der Waals surface area contributed by atoms with Gasteiger partial charge >= 0.3 is 0 Å². The Hall–Kier alpha value is -2.08. The van der Waals surface area contributed by atoms with Gasteiger partial charge in [0.25, 0.3) is 0 Å². The molecule has 164 valence electrons. The molecule has 1 aromatic carbocycles. The van der Waals surface area contributed by atoms with Crippen molar-refractivity contribution in [3.63, 3.8) is 0 Å². The molecule has 6 nitrogen and oxygen atoms in total. The van der Waals surface area contributed by atoms with E-state index >= 15 is 0 Å². The smallest absolute Gasteiger partial charge is 0.242 e. The SMILES string of the molecule is COc1cccc(NC(=O)C(C2CCCC2)N2CCN(C(=O)C3CCCC3)CC2)c1. The van der Waals surface area contributed by atoms with Crippen molar-refractivity contribution in [3.8, 4) is 5.75 Å². The van der Waals surface area contributed by atoms with Crippen LogP contribution in [0.5, 0.6) is 5.75 Å². The molecule has 1 unspecified atom stereocenters. The number of ether oxygens (including phenoxy) is 1. The number of methoxy groups -OCH3 is 1. The summed E-state index contributed by atoms with van der Waals surface area (Å²) < 4.78 is 5.29. The van der Waals surface area contributed by atoms with Crippen molar-refractivity contribution >= 4 is 17.5 Å². The van der Waals surface area contributed by atoms with Crippen LogP contribution in [-0.4, -0.2) is 60.9 Å². The number of piperazine rings is 1. The zero-order valence-corrected chi connectivity index (χ0v) is 18.1. The van der Waals surface area contributed by atoms with Gasteiger partial charge in [-0.05, 0) is 43.7 Å². The molecule has 2 aliphatic carbocycles. The quantitative estimate of drug-likeness (QED) is 0.775. The van der Waals surface area contributed by atoms with Gasteiger partial charge in [0.15, 0.2) is 0 Å². The highest BCUT2D eigenvalue weighted by Crippen LogP contribution is 2.32. The monoisotopic (exact) mass is 413 g/mol. The molecule has 30 heavy (non-hydrogen) atoms. The van der Waals surface area contributed by atoms with Gasteiger partial charge in [-0.3, -0.25) is 14.5 Å². The molecular weight excluding hydrogens is 378 g/mol. The van der Waals surface area contributed by atoms with E-state index in [1.807, 2.05) is 29.2 Å². The van der Waals surface area contributed by atoms with Gasteiger partial charge in [-0.15, -0.1) is 0 Å². The van der Waals surface area contributed by atoms with E-state index < -0.39 is 0 Å². The maximum Gasteiger partial charge on any atom is 0.242 e. The molecular formula is C24H35N3O3. The van der Waals surface area contributed by atoms with Crippen LogP contribution in [-0.2, 0) is 9.59 Å². The van der Waals surface area contributed by atoms with Gasteiger partial charge < -0.3 is 15.0 Å². The summed E-state index contributed by atoms with van der Waals surface area (Å²) in [5.41, 5.74) is 0.775. The third-order valence-electron chi connectivity index (χ3n) is 7.18. The number of nitrogens with zero attached hydrogens (tertiary/aromatic N) is 2. The van der Waals surface area contributed by atoms with Crippen molar-refractivity contribution in [1.82, 2.24) is 9.80 Å². The number of hydrogen-bond donors (Lipinski definition) is 1. The van der Waals surface area contributed by atoms with Gasteiger partial charge in [-0.2, -0.15) is 0 Å². The lowest BCUT2D eigenvalue weighted by Crippen LogP contribution is -2.57. The molecule has 6 heteroatoms. The number of nitrogens with one attached hydrogen (secondary N) is 1. The summed E-state index contributed by atoms with van der Waals surface area (Å²) in [6, 6.07) is 7.42. The number of carbonyl (C=O) groups excluding carboxylic acids is 2. The largest absolute Gasteiger partial charge is 0.497 e. The summed E-state index contributed by atoms with van der Waals surface area (Å²) in [4.78, 5) is 30.5. The Morgan fingerprint density at radius 1 is 1.00 bits per heavy atom. The lowest BCUT2D eigenvalue weighted by atomic mass is 9.94. The zero-order chi connectivity index (χ0) is 20.9. The lowest BCUT2D eigenvalue weighted by molar-refractivity contribution is -0.138. The highest BCUT2D eigenvalue weighted by Gasteiger charge is 2.38. The molecule has 2 saturated carbocycles. The number of anilines is 1. The first-order chi connectivity index (χ1) is 14.7. The Morgan fingerprint density at radius 2 is 1.67 bits per heavy atom. The van der Waals surface area contributed by atoms with E-state index in [1.54, 1.807) is 7.11 Å². The highest BCUT2D eigenvalue weighted by molar-refractivity contribution is 5.95. The minimum absolute atomic E-state index is 0.0747. The van der Waals surface area contributed by atoms with Crippen molar-refractivity contribution < 1.29 is 14.3 Å². The second-order valence-corrected chi connectivity index (χ2v) is 9.05. The fourth-order valence-corrected chi connectivity index (χ4v) is 5.52. The van der Waals surface area contributed by atoms with Crippen LogP contribution in [0.4, 0.5) is 5.69 Å². The van der Waals surface area contributed by atoms with Crippen LogP contribution in [0.25, 0.3) is 0 Å². The normalized spacial score (nSPS) is 22.2. The Kier molecular flexibility index (Phi) is 6.93. The molecule has 1 N–H and O–H groups in total. The predicted octanol–water partition coefficient (Wildman–Crippen LogP) is 3.53. The van der Waals surface area contributed by atoms with Gasteiger partial charge in [0.2, 0.25) is 11.8 Å². The average Bonchev–Trinajstić information content (AvgIpc) is 3.49. The minimum atomic E-state index is -0.123. The van der Waals surface area contributed by atoms with Crippen LogP contribution in [0.15, 0.2) is 24.3 Å². The molecule has 1 saturated heterocycles. The molecule has 0 spiro atoms. The minimum Gasteiger partial charge on any atom is -0.497 e. The number of rotatable bonds is 6. The van der Waals surface area contributed by atoms with Crippen molar-refractivity contribution in [1.29, 1.82) is 0 Å². The van der Waals surface area contributed by atoms with Crippen LogP contribution in [0.3, 0.4) is 0 Å². The van der Waals surface area contributed by atoms with Gasteiger partial charge in [0, 0.05) is 43.9 Å². The van der Waals surface area contributed by atoms with Crippen LogP contribution in [0, 0.1) is 11.8 Å². The molecule has 3 fully saturated rings. The predicted molar refractivity (Wildman–Crippen MR) is 117 cm³/mol. The maximum atomic E-state index is 13.3. The summed E-state index contributed by atoms with van der Waals surface area (Å²) in [5.74, 6) is 1.78. The van der Waals surface area contributed by atoms with Crippen molar-refractivity contribution in [2.24, 2.45) is 11.8 Å². The van der Waals surface area contributed by atoms with E-state index in [4.69, 9.17) is 4.74 Å². The van der Waals surface area contributed by atoms with Crippen LogP contribution in [0.1, 0.15) is 51.4 Å². The second-order valence-electron chi connectivity index (χ2n) is 9.05. The molecule has 0 bridgehead atoms. The average molecular weight is 414 g/mol. The summed E-state index contributed by atoms with van der Waals surface area (Å²) in [5, 5.41) is 3.13. The molecule has 0 aromatic heterocycles. The maximum absolute atomic E-state index is 13.3. The van der Waals surface area contributed by atoms with Crippen molar-refractivity contribution in [2.45, 2.75) is 57.4 Å². The van der Waals surface area contributed by atoms with E-state index in [9.17, 15) is 9.59 Å². The topological polar surface area (TPSA) is 61.9 Å². The second kappa shape index (κ2) is 9.82. The fraction of sp³-hybridized carbons (Fsp3) is 0.667. The summed E-state index contributed by atoms with van der Waals surface area (Å²) in [7, 11) is 1.63. The first-order valence-corrected chi connectivity index (χ1v) is 11.6. The Bertz CT molecular complexity index is 733. The third kappa shape index (κ3) is 4.80. The first kappa shape index (κ1) is 21.2. The Morgan fingerprint density at radius 3 is 2.33 bits per heavy atom. The van der Waals surface area contributed by atoms with Crippen LogP contribution >= 0.6 is 0 Å². The molecule has 4 rings (SSSR count). The Labute approximate surface area is 179 Å². The van der Waals surface area contributed by atoms with Gasteiger partial charge in [0.1, 0.15) is 5.75 Å². The summed E-state index contributed by atoms with van der Waals surface area (Å²) >= 11 is 0. The van der Waals surface area contributed by atoms with E-state index in [-0.39, 0.29) is 17.9 Å². The third-order valence-corrected chi connectivity index (χ3v) is 7.18.